The maximum absolute atomic E-state index is 11.1. The smallest absolute Gasteiger partial charge is 0.350 e. The number of hydrogen-bond acceptors (Lipinski definition) is 4. The van der Waals surface area contributed by atoms with E-state index in [1.807, 2.05) is 24.3 Å². The number of carboxylic acid groups (broad SMARTS) is 1. The highest BCUT2D eigenvalue weighted by atomic mass is 79.9. The van der Waals surface area contributed by atoms with Gasteiger partial charge in [-0.05, 0) is 17.7 Å². The molecule has 0 bridgehead atoms. The lowest BCUT2D eigenvalue weighted by Crippen LogP contribution is -2.25. The van der Waals surface area contributed by atoms with E-state index in [-0.39, 0.29) is 11.8 Å². The van der Waals surface area contributed by atoms with E-state index in [0.29, 0.717) is 12.4 Å². The summed E-state index contributed by atoms with van der Waals surface area (Å²) in [5.74, 6) is -0.687. The summed E-state index contributed by atoms with van der Waals surface area (Å²) in [5, 5.41) is 13.2. The third-order valence-corrected chi connectivity index (χ3v) is 3.50. The largest absolute Gasteiger partial charge is 0.477 e. The number of benzene rings is 1. The fraction of sp³-hybridized carbons (Fsp3) is 0.167. The van der Waals surface area contributed by atoms with Gasteiger partial charge in [-0.2, -0.15) is 10.1 Å². The van der Waals surface area contributed by atoms with E-state index in [1.165, 1.54) is 6.33 Å². The molecule has 3 rings (SSSR count). The molecule has 19 heavy (non-hydrogen) atoms. The Morgan fingerprint density at radius 1 is 1.37 bits per heavy atom. The lowest BCUT2D eigenvalue weighted by molar-refractivity contribution is -0.129. The van der Waals surface area contributed by atoms with Crippen LogP contribution in [0.25, 0.3) is 0 Å². The molecule has 2 aromatic rings. The number of rotatable bonds is 2. The van der Waals surface area contributed by atoms with Crippen molar-refractivity contribution in [1.82, 2.24) is 14.8 Å². The van der Waals surface area contributed by atoms with E-state index in [0.717, 1.165) is 10.0 Å². The van der Waals surface area contributed by atoms with Crippen molar-refractivity contribution in [2.45, 2.75) is 12.5 Å². The summed E-state index contributed by atoms with van der Waals surface area (Å²) in [6.45, 7) is 0. The molecule has 1 aromatic heterocycles. The second-order valence-corrected chi connectivity index (χ2v) is 5.06. The summed E-state index contributed by atoms with van der Waals surface area (Å²) >= 11 is 3.38. The minimum Gasteiger partial charge on any atom is -0.477 e. The molecule has 0 spiro atoms. The van der Waals surface area contributed by atoms with E-state index in [9.17, 15) is 4.79 Å². The zero-order chi connectivity index (χ0) is 13.4. The van der Waals surface area contributed by atoms with Gasteiger partial charge in [-0.15, -0.1) is 0 Å². The van der Waals surface area contributed by atoms with Crippen LogP contribution in [0, 0.1) is 0 Å². The Bertz CT molecular complexity index is 663. The highest BCUT2D eigenvalue weighted by Gasteiger charge is 2.28. The molecule has 1 N–H and O–H groups in total. The van der Waals surface area contributed by atoms with Crippen LogP contribution in [-0.4, -0.2) is 31.6 Å². The van der Waals surface area contributed by atoms with Crippen LogP contribution in [0.15, 0.2) is 40.1 Å². The predicted molar refractivity (Wildman–Crippen MR) is 71.7 cm³/mol. The molecule has 1 atom stereocenters. The Morgan fingerprint density at radius 3 is 2.79 bits per heavy atom. The zero-order valence-electron chi connectivity index (χ0n) is 9.69. The molecule has 0 aliphatic carbocycles. The van der Waals surface area contributed by atoms with Crippen LogP contribution >= 0.6 is 15.9 Å². The number of aliphatic carboxylic acids is 1. The van der Waals surface area contributed by atoms with Crippen LogP contribution in [-0.2, 0) is 4.79 Å². The van der Waals surface area contributed by atoms with Crippen molar-refractivity contribution in [3.8, 4) is 0 Å². The van der Waals surface area contributed by atoms with E-state index in [2.05, 4.69) is 31.0 Å². The lowest BCUT2D eigenvalue weighted by atomic mass is 10.00. The van der Waals surface area contributed by atoms with Gasteiger partial charge in [0.25, 0.3) is 0 Å². The Kier molecular flexibility index (Phi) is 2.90. The predicted octanol–water partition coefficient (Wildman–Crippen LogP) is 2.19. The van der Waals surface area contributed by atoms with Gasteiger partial charge in [-0.25, -0.2) is 14.5 Å². The Morgan fingerprint density at radius 2 is 2.11 bits per heavy atom. The second-order valence-electron chi connectivity index (χ2n) is 4.14. The number of aromatic nitrogens is 3. The van der Waals surface area contributed by atoms with Gasteiger partial charge in [0.15, 0.2) is 0 Å². The van der Waals surface area contributed by atoms with E-state index >= 15 is 0 Å². The second kappa shape index (κ2) is 4.58. The van der Waals surface area contributed by atoms with Crippen LogP contribution in [0.4, 0.5) is 5.95 Å². The summed E-state index contributed by atoms with van der Waals surface area (Å²) in [6, 6.07) is 7.51. The van der Waals surface area contributed by atoms with Gasteiger partial charge in [0.2, 0.25) is 5.95 Å². The molecule has 0 saturated carbocycles. The molecule has 0 fully saturated rings. The van der Waals surface area contributed by atoms with Gasteiger partial charge in [0.1, 0.15) is 12.0 Å². The van der Waals surface area contributed by atoms with Crippen LogP contribution < -0.4 is 0 Å². The van der Waals surface area contributed by atoms with Gasteiger partial charge in [-0.1, -0.05) is 28.1 Å². The molecule has 1 unspecified atom stereocenters. The van der Waals surface area contributed by atoms with Crippen LogP contribution in [0.3, 0.4) is 0 Å². The van der Waals surface area contributed by atoms with E-state index in [4.69, 9.17) is 5.11 Å². The molecule has 0 saturated heterocycles. The summed E-state index contributed by atoms with van der Waals surface area (Å²) in [4.78, 5) is 19.1. The van der Waals surface area contributed by atoms with Gasteiger partial charge in [0.05, 0.1) is 6.04 Å². The molecule has 7 heteroatoms. The number of carboxylic acids is 1. The van der Waals surface area contributed by atoms with Crippen molar-refractivity contribution >= 4 is 33.6 Å². The zero-order valence-corrected chi connectivity index (χ0v) is 11.3. The van der Waals surface area contributed by atoms with Crippen molar-refractivity contribution in [3.63, 3.8) is 0 Å². The van der Waals surface area contributed by atoms with Crippen molar-refractivity contribution in [2.75, 3.05) is 0 Å². The number of aliphatic imine (C=N–C) groups is 1. The first-order valence-corrected chi connectivity index (χ1v) is 6.40. The number of nitrogens with zero attached hydrogens (tertiary/aromatic N) is 4. The van der Waals surface area contributed by atoms with Gasteiger partial charge >= 0.3 is 5.97 Å². The standard InChI is InChI=1S/C12H9BrN4O2/c13-8-3-1-7(2-4-8)10-5-9(11(18)19)16-12-14-6-15-17(10)12/h1-4,6,10H,5H2,(H,18,19). The SMILES string of the molecule is O=C(O)C1=Nc2ncnn2C(c2ccc(Br)cc2)C1. The molecule has 0 amide bonds. The average Bonchev–Trinajstić information content (AvgIpc) is 2.86. The number of halogens is 1. The number of carbonyl (C=O) groups is 1. The molecule has 0 radical (unpaired) electrons. The molecule has 1 aliphatic heterocycles. The van der Waals surface area contributed by atoms with E-state index in [1.54, 1.807) is 4.68 Å². The maximum atomic E-state index is 11.1. The van der Waals surface area contributed by atoms with E-state index < -0.39 is 5.97 Å². The van der Waals surface area contributed by atoms with Crippen LogP contribution in [0.2, 0.25) is 0 Å². The highest BCUT2D eigenvalue weighted by molar-refractivity contribution is 9.10. The minimum absolute atomic E-state index is 0.105. The minimum atomic E-state index is -1.02. The topological polar surface area (TPSA) is 80.4 Å². The van der Waals surface area contributed by atoms with Gasteiger partial charge < -0.3 is 5.11 Å². The Balaban J connectivity index is 2.06. The summed E-state index contributed by atoms with van der Waals surface area (Å²) in [6.07, 6.45) is 1.68. The Labute approximate surface area is 116 Å². The summed E-state index contributed by atoms with van der Waals surface area (Å²) in [5.41, 5.74) is 1.08. The quantitative estimate of drug-likeness (QED) is 0.919. The highest BCUT2D eigenvalue weighted by Crippen LogP contribution is 2.30. The fourth-order valence-electron chi connectivity index (χ4n) is 2.06. The number of hydrogen-bond donors (Lipinski definition) is 1. The lowest BCUT2D eigenvalue weighted by Gasteiger charge is -2.22. The van der Waals surface area contributed by atoms with Crippen molar-refractivity contribution in [2.24, 2.45) is 4.99 Å². The first-order valence-electron chi connectivity index (χ1n) is 5.61. The molecule has 1 aromatic carbocycles. The van der Waals surface area contributed by atoms with Crippen molar-refractivity contribution in [1.29, 1.82) is 0 Å². The Hall–Kier alpha value is -2.02. The van der Waals surface area contributed by atoms with Gasteiger partial charge in [0, 0.05) is 10.9 Å². The van der Waals surface area contributed by atoms with Crippen molar-refractivity contribution < 1.29 is 9.90 Å². The first kappa shape index (κ1) is 12.0. The molecular weight excluding hydrogens is 312 g/mol. The number of fused-ring (bicyclic) bond motifs is 1. The molecular formula is C12H9BrN4O2. The monoisotopic (exact) mass is 320 g/mol. The fourth-order valence-corrected chi connectivity index (χ4v) is 2.32. The third kappa shape index (κ3) is 2.17. The third-order valence-electron chi connectivity index (χ3n) is 2.97. The molecule has 1 aliphatic rings. The van der Waals surface area contributed by atoms with Crippen LogP contribution in [0.1, 0.15) is 18.0 Å². The molecule has 6 nitrogen and oxygen atoms in total. The molecule has 2 heterocycles. The average molecular weight is 321 g/mol. The van der Waals surface area contributed by atoms with Crippen molar-refractivity contribution in [3.05, 3.63) is 40.6 Å². The van der Waals surface area contributed by atoms with Crippen LogP contribution in [0.5, 0.6) is 0 Å². The maximum Gasteiger partial charge on any atom is 0.350 e. The summed E-state index contributed by atoms with van der Waals surface area (Å²) in [7, 11) is 0. The summed E-state index contributed by atoms with van der Waals surface area (Å²) < 4.78 is 2.62. The van der Waals surface area contributed by atoms with Gasteiger partial charge in [-0.3, -0.25) is 0 Å². The molecule has 96 valence electrons. The normalized spacial score (nSPS) is 17.7. The first-order chi connectivity index (χ1) is 9.15.